The molecule has 2 N–H and O–H groups in total. The normalized spacial score (nSPS) is 10.0. The Kier molecular flexibility index (Phi) is 5.15. The molecule has 1 aromatic heterocycles. The van der Waals surface area contributed by atoms with Crippen LogP contribution in [0.5, 0.6) is 5.88 Å². The summed E-state index contributed by atoms with van der Waals surface area (Å²) in [6.45, 7) is 4.66. The number of anilines is 2. The van der Waals surface area contributed by atoms with Crippen LogP contribution in [0.25, 0.3) is 0 Å². The molecule has 0 unspecified atom stereocenters. The fraction of sp³-hybridized carbons (Fsp3) is 0.250. The molecule has 110 valence electrons. The largest absolute Gasteiger partial charge is 0.478 e. The third-order valence-electron chi connectivity index (χ3n) is 2.78. The van der Waals surface area contributed by atoms with Gasteiger partial charge in [0.25, 0.3) is 0 Å². The first-order valence-electron chi connectivity index (χ1n) is 6.86. The first-order valence-corrected chi connectivity index (χ1v) is 6.86. The van der Waals surface area contributed by atoms with E-state index in [1.54, 1.807) is 12.3 Å². The zero-order valence-corrected chi connectivity index (χ0v) is 12.2. The van der Waals surface area contributed by atoms with Gasteiger partial charge in [-0.05, 0) is 37.6 Å². The Hall–Kier alpha value is -2.56. The lowest BCUT2D eigenvalue weighted by molar-refractivity contribution is -0.114. The van der Waals surface area contributed by atoms with E-state index in [9.17, 15) is 4.79 Å². The van der Waals surface area contributed by atoms with Crippen molar-refractivity contribution in [3.8, 4) is 5.88 Å². The lowest BCUT2D eigenvalue weighted by atomic mass is 10.2. The second-order valence-corrected chi connectivity index (χ2v) is 4.59. The maximum absolute atomic E-state index is 11.8. The van der Waals surface area contributed by atoms with Gasteiger partial charge < -0.3 is 15.4 Å². The van der Waals surface area contributed by atoms with Gasteiger partial charge in [-0.25, -0.2) is 4.98 Å². The van der Waals surface area contributed by atoms with Gasteiger partial charge in [-0.3, -0.25) is 4.79 Å². The number of benzene rings is 1. The van der Waals surface area contributed by atoms with Crippen molar-refractivity contribution < 1.29 is 9.53 Å². The highest BCUT2D eigenvalue weighted by Crippen LogP contribution is 2.12. The average Bonchev–Trinajstić information content (AvgIpc) is 2.47. The van der Waals surface area contributed by atoms with Crippen molar-refractivity contribution >= 4 is 17.3 Å². The molecule has 5 nitrogen and oxygen atoms in total. The molecule has 1 amide bonds. The summed E-state index contributed by atoms with van der Waals surface area (Å²) in [7, 11) is 0. The molecule has 2 rings (SSSR count). The monoisotopic (exact) mass is 285 g/mol. The van der Waals surface area contributed by atoms with Crippen LogP contribution in [0.2, 0.25) is 0 Å². The molecule has 0 radical (unpaired) electrons. The molecule has 21 heavy (non-hydrogen) atoms. The third-order valence-corrected chi connectivity index (χ3v) is 2.78. The lowest BCUT2D eigenvalue weighted by Gasteiger charge is -2.08. The van der Waals surface area contributed by atoms with Crippen LogP contribution in [-0.2, 0) is 4.79 Å². The van der Waals surface area contributed by atoms with E-state index in [4.69, 9.17) is 4.74 Å². The number of carbonyl (C=O) groups is 1. The van der Waals surface area contributed by atoms with Crippen molar-refractivity contribution in [2.45, 2.75) is 13.8 Å². The zero-order chi connectivity index (χ0) is 15.1. The number of rotatable bonds is 6. The zero-order valence-electron chi connectivity index (χ0n) is 12.2. The Bertz CT molecular complexity index is 597. The van der Waals surface area contributed by atoms with Crippen molar-refractivity contribution in [1.82, 2.24) is 4.98 Å². The van der Waals surface area contributed by atoms with Gasteiger partial charge in [-0.1, -0.05) is 12.1 Å². The minimum atomic E-state index is -0.102. The number of aromatic nitrogens is 1. The van der Waals surface area contributed by atoms with Gasteiger partial charge >= 0.3 is 0 Å². The number of aryl methyl sites for hydroxylation is 1. The number of hydrogen-bond acceptors (Lipinski definition) is 4. The third kappa shape index (κ3) is 4.80. The van der Waals surface area contributed by atoms with Crippen LogP contribution in [0.4, 0.5) is 11.4 Å². The Morgan fingerprint density at radius 1 is 1.24 bits per heavy atom. The Morgan fingerprint density at radius 3 is 2.76 bits per heavy atom. The van der Waals surface area contributed by atoms with Gasteiger partial charge in [0.1, 0.15) is 0 Å². The second-order valence-electron chi connectivity index (χ2n) is 4.59. The lowest BCUT2D eigenvalue weighted by Crippen LogP contribution is -2.21. The van der Waals surface area contributed by atoms with Gasteiger partial charge in [0.05, 0.1) is 25.0 Å². The summed E-state index contributed by atoms with van der Waals surface area (Å²) in [6.07, 6.45) is 1.64. The topological polar surface area (TPSA) is 63.2 Å². The van der Waals surface area contributed by atoms with Crippen molar-refractivity contribution in [2.75, 3.05) is 23.8 Å². The number of carbonyl (C=O) groups excluding carboxylic acids is 1. The molecule has 0 aliphatic carbocycles. The van der Waals surface area contributed by atoms with Gasteiger partial charge in [-0.15, -0.1) is 0 Å². The van der Waals surface area contributed by atoms with Crippen LogP contribution < -0.4 is 15.4 Å². The number of amides is 1. The van der Waals surface area contributed by atoms with Gasteiger partial charge in [0.2, 0.25) is 11.8 Å². The smallest absolute Gasteiger partial charge is 0.243 e. The minimum absolute atomic E-state index is 0.102. The van der Waals surface area contributed by atoms with E-state index in [0.717, 1.165) is 16.9 Å². The molecule has 2 aromatic rings. The van der Waals surface area contributed by atoms with Crippen LogP contribution in [-0.4, -0.2) is 24.0 Å². The molecule has 0 spiro atoms. The first kappa shape index (κ1) is 14.8. The fourth-order valence-corrected chi connectivity index (χ4v) is 1.83. The molecule has 5 heteroatoms. The predicted octanol–water partition coefficient (Wildman–Crippen LogP) is 2.84. The van der Waals surface area contributed by atoms with E-state index in [1.807, 2.05) is 44.2 Å². The maximum Gasteiger partial charge on any atom is 0.243 e. The Balaban J connectivity index is 1.83. The quantitative estimate of drug-likeness (QED) is 0.856. The first-order chi connectivity index (χ1) is 10.2. The number of pyridine rings is 1. The van der Waals surface area contributed by atoms with Crippen LogP contribution in [0.15, 0.2) is 42.6 Å². The number of hydrogen-bond donors (Lipinski definition) is 2. The molecule has 1 heterocycles. The van der Waals surface area contributed by atoms with Crippen molar-refractivity contribution in [3.63, 3.8) is 0 Å². The SMILES string of the molecule is CCOc1ccc(NCC(=O)Nc2cccc(C)c2)cn1. The number of nitrogens with one attached hydrogen (secondary N) is 2. The summed E-state index contributed by atoms with van der Waals surface area (Å²) < 4.78 is 5.26. The van der Waals surface area contributed by atoms with E-state index < -0.39 is 0 Å². The van der Waals surface area contributed by atoms with E-state index in [0.29, 0.717) is 12.5 Å². The predicted molar refractivity (Wildman–Crippen MR) is 83.7 cm³/mol. The highest BCUT2D eigenvalue weighted by atomic mass is 16.5. The molecular weight excluding hydrogens is 266 g/mol. The second kappa shape index (κ2) is 7.28. The molecule has 0 saturated carbocycles. The van der Waals surface area contributed by atoms with Crippen LogP contribution in [0.1, 0.15) is 12.5 Å². The van der Waals surface area contributed by atoms with Crippen LogP contribution >= 0.6 is 0 Å². The van der Waals surface area contributed by atoms with E-state index in [-0.39, 0.29) is 12.5 Å². The van der Waals surface area contributed by atoms with Crippen molar-refractivity contribution in [2.24, 2.45) is 0 Å². The molecule has 0 fully saturated rings. The Morgan fingerprint density at radius 2 is 2.10 bits per heavy atom. The van der Waals surface area contributed by atoms with Crippen molar-refractivity contribution in [3.05, 3.63) is 48.2 Å². The maximum atomic E-state index is 11.8. The van der Waals surface area contributed by atoms with Crippen molar-refractivity contribution in [1.29, 1.82) is 0 Å². The summed E-state index contributed by atoms with van der Waals surface area (Å²) in [5, 5.41) is 5.86. The standard InChI is InChI=1S/C16H19N3O2/c1-3-21-16-8-7-14(10-18-16)17-11-15(20)19-13-6-4-5-12(2)9-13/h4-10,17H,3,11H2,1-2H3,(H,19,20). The molecular formula is C16H19N3O2. The molecule has 0 aliphatic rings. The van der Waals surface area contributed by atoms with E-state index in [2.05, 4.69) is 15.6 Å². The van der Waals surface area contributed by atoms with Crippen LogP contribution in [0, 0.1) is 6.92 Å². The molecule has 1 aromatic carbocycles. The van der Waals surface area contributed by atoms with Crippen LogP contribution in [0.3, 0.4) is 0 Å². The Labute approximate surface area is 124 Å². The summed E-state index contributed by atoms with van der Waals surface area (Å²) in [6, 6.07) is 11.3. The summed E-state index contributed by atoms with van der Waals surface area (Å²) in [5.74, 6) is 0.474. The number of ether oxygens (including phenoxy) is 1. The molecule has 0 saturated heterocycles. The summed E-state index contributed by atoms with van der Waals surface area (Å²) in [4.78, 5) is 16.0. The summed E-state index contributed by atoms with van der Waals surface area (Å²) >= 11 is 0. The fourth-order valence-electron chi connectivity index (χ4n) is 1.83. The minimum Gasteiger partial charge on any atom is -0.478 e. The van der Waals surface area contributed by atoms with Gasteiger partial charge in [0.15, 0.2) is 0 Å². The number of nitrogens with zero attached hydrogens (tertiary/aromatic N) is 1. The van der Waals surface area contributed by atoms with E-state index >= 15 is 0 Å². The average molecular weight is 285 g/mol. The highest BCUT2D eigenvalue weighted by molar-refractivity contribution is 5.93. The molecule has 0 bridgehead atoms. The summed E-state index contributed by atoms with van der Waals surface area (Å²) in [5.41, 5.74) is 2.68. The molecule has 0 atom stereocenters. The highest BCUT2D eigenvalue weighted by Gasteiger charge is 2.03. The molecule has 0 aliphatic heterocycles. The van der Waals surface area contributed by atoms with Gasteiger partial charge in [0, 0.05) is 11.8 Å². The van der Waals surface area contributed by atoms with Gasteiger partial charge in [-0.2, -0.15) is 0 Å². The van der Waals surface area contributed by atoms with E-state index in [1.165, 1.54) is 0 Å².